The van der Waals surface area contributed by atoms with E-state index in [4.69, 9.17) is 4.74 Å². The summed E-state index contributed by atoms with van der Waals surface area (Å²) in [6.07, 6.45) is 5.15. The predicted octanol–water partition coefficient (Wildman–Crippen LogP) is 1.49. The molecule has 0 N–H and O–H groups in total. The van der Waals surface area contributed by atoms with Crippen molar-refractivity contribution in [3.05, 3.63) is 49.1 Å². The molecule has 0 unspecified atom stereocenters. The van der Waals surface area contributed by atoms with Gasteiger partial charge >= 0.3 is 0 Å². The molecule has 1 atom stereocenters. The molecular formula is C18H24N4O2. The quantitative estimate of drug-likeness (QED) is 0.806. The van der Waals surface area contributed by atoms with Gasteiger partial charge in [-0.25, -0.2) is 4.98 Å². The molecule has 1 fully saturated rings. The maximum Gasteiger partial charge on any atom is 0.263 e. The number of carbonyl (C=O) groups is 1. The van der Waals surface area contributed by atoms with Crippen LogP contribution >= 0.6 is 0 Å². The van der Waals surface area contributed by atoms with Gasteiger partial charge in [-0.15, -0.1) is 0 Å². The summed E-state index contributed by atoms with van der Waals surface area (Å²) in [5.41, 5.74) is 0. The SMILES string of the molecule is C[C@@H](Oc1ccccc1)C(=O)N1CCN(CCn2ccnc2)CC1. The van der Waals surface area contributed by atoms with Gasteiger partial charge in [0, 0.05) is 51.7 Å². The topological polar surface area (TPSA) is 50.6 Å². The number of para-hydroxylation sites is 1. The number of amides is 1. The van der Waals surface area contributed by atoms with E-state index in [9.17, 15) is 4.79 Å². The average molecular weight is 328 g/mol. The van der Waals surface area contributed by atoms with Crippen molar-refractivity contribution in [2.24, 2.45) is 0 Å². The fraction of sp³-hybridized carbons (Fsp3) is 0.444. The number of imidazole rings is 1. The van der Waals surface area contributed by atoms with E-state index in [-0.39, 0.29) is 5.91 Å². The molecule has 1 aliphatic heterocycles. The lowest BCUT2D eigenvalue weighted by Gasteiger charge is -2.35. The second-order valence-corrected chi connectivity index (χ2v) is 6.04. The summed E-state index contributed by atoms with van der Waals surface area (Å²) < 4.78 is 7.81. The Balaban J connectivity index is 1.42. The average Bonchev–Trinajstić information content (AvgIpc) is 3.14. The first-order valence-corrected chi connectivity index (χ1v) is 8.41. The zero-order valence-corrected chi connectivity index (χ0v) is 14.0. The van der Waals surface area contributed by atoms with Crippen molar-refractivity contribution in [1.29, 1.82) is 0 Å². The molecule has 0 radical (unpaired) electrons. The molecule has 0 saturated carbocycles. The molecule has 1 aromatic carbocycles. The fourth-order valence-corrected chi connectivity index (χ4v) is 2.88. The number of piperazine rings is 1. The molecule has 1 aliphatic rings. The van der Waals surface area contributed by atoms with E-state index in [2.05, 4.69) is 14.5 Å². The van der Waals surface area contributed by atoms with Crippen LogP contribution in [-0.2, 0) is 11.3 Å². The summed E-state index contributed by atoms with van der Waals surface area (Å²) >= 11 is 0. The summed E-state index contributed by atoms with van der Waals surface area (Å²) in [4.78, 5) is 20.9. The molecule has 24 heavy (non-hydrogen) atoms. The monoisotopic (exact) mass is 328 g/mol. The highest BCUT2D eigenvalue weighted by Gasteiger charge is 2.25. The Kier molecular flexibility index (Phi) is 5.48. The zero-order valence-electron chi connectivity index (χ0n) is 14.0. The number of benzene rings is 1. The van der Waals surface area contributed by atoms with Gasteiger partial charge in [0.25, 0.3) is 5.91 Å². The van der Waals surface area contributed by atoms with Crippen molar-refractivity contribution in [3.8, 4) is 5.75 Å². The van der Waals surface area contributed by atoms with Crippen LogP contribution in [0.1, 0.15) is 6.92 Å². The number of carbonyl (C=O) groups excluding carboxylic acids is 1. The van der Waals surface area contributed by atoms with Crippen molar-refractivity contribution < 1.29 is 9.53 Å². The highest BCUT2D eigenvalue weighted by atomic mass is 16.5. The second kappa shape index (κ2) is 7.97. The molecular weight excluding hydrogens is 304 g/mol. The lowest BCUT2D eigenvalue weighted by atomic mass is 10.2. The van der Waals surface area contributed by atoms with Crippen molar-refractivity contribution in [1.82, 2.24) is 19.4 Å². The Morgan fingerprint density at radius 1 is 1.17 bits per heavy atom. The highest BCUT2D eigenvalue weighted by Crippen LogP contribution is 2.13. The normalized spacial score (nSPS) is 16.8. The van der Waals surface area contributed by atoms with E-state index < -0.39 is 6.10 Å². The molecule has 0 spiro atoms. The number of aromatic nitrogens is 2. The van der Waals surface area contributed by atoms with Crippen molar-refractivity contribution in [3.63, 3.8) is 0 Å². The van der Waals surface area contributed by atoms with Gasteiger partial charge in [-0.05, 0) is 19.1 Å². The standard InChI is InChI=1S/C18H24N4O2/c1-16(24-17-5-3-2-4-6-17)18(23)22-13-11-20(12-14-22)9-10-21-8-7-19-15-21/h2-8,15-16H,9-14H2,1H3/t16-/m1/s1. The van der Waals surface area contributed by atoms with Gasteiger partial charge in [-0.1, -0.05) is 18.2 Å². The molecule has 6 nitrogen and oxygen atoms in total. The maximum atomic E-state index is 12.5. The summed E-state index contributed by atoms with van der Waals surface area (Å²) in [6.45, 7) is 7.05. The van der Waals surface area contributed by atoms with Crippen molar-refractivity contribution >= 4 is 5.91 Å². The van der Waals surface area contributed by atoms with Crippen LogP contribution < -0.4 is 4.74 Å². The van der Waals surface area contributed by atoms with Gasteiger partial charge in [-0.2, -0.15) is 0 Å². The van der Waals surface area contributed by atoms with E-state index in [1.165, 1.54) is 0 Å². The van der Waals surface area contributed by atoms with E-state index in [0.29, 0.717) is 0 Å². The van der Waals surface area contributed by atoms with Crippen LogP contribution in [-0.4, -0.2) is 64.1 Å². The minimum absolute atomic E-state index is 0.0631. The number of hydrogen-bond acceptors (Lipinski definition) is 4. The summed E-state index contributed by atoms with van der Waals surface area (Å²) in [6, 6.07) is 9.50. The molecule has 1 aromatic heterocycles. The molecule has 128 valence electrons. The third-order valence-electron chi connectivity index (χ3n) is 4.32. The van der Waals surface area contributed by atoms with Gasteiger partial charge in [0.2, 0.25) is 0 Å². The van der Waals surface area contributed by atoms with Crippen LogP contribution in [0.15, 0.2) is 49.1 Å². The smallest absolute Gasteiger partial charge is 0.263 e. The molecule has 2 aromatic rings. The highest BCUT2D eigenvalue weighted by molar-refractivity contribution is 5.81. The van der Waals surface area contributed by atoms with E-state index in [0.717, 1.165) is 45.0 Å². The van der Waals surface area contributed by atoms with Crippen LogP contribution in [0.5, 0.6) is 5.75 Å². The Morgan fingerprint density at radius 3 is 2.58 bits per heavy atom. The van der Waals surface area contributed by atoms with Crippen LogP contribution in [0, 0.1) is 0 Å². The molecule has 0 bridgehead atoms. The van der Waals surface area contributed by atoms with Gasteiger partial charge in [0.05, 0.1) is 6.33 Å². The van der Waals surface area contributed by atoms with Gasteiger partial charge in [0.15, 0.2) is 6.10 Å². The van der Waals surface area contributed by atoms with Crippen LogP contribution in [0.2, 0.25) is 0 Å². The largest absolute Gasteiger partial charge is 0.481 e. The third-order valence-corrected chi connectivity index (χ3v) is 4.32. The lowest BCUT2D eigenvalue weighted by molar-refractivity contribution is -0.139. The Morgan fingerprint density at radius 2 is 1.92 bits per heavy atom. The number of nitrogens with zero attached hydrogens (tertiary/aromatic N) is 4. The molecule has 2 heterocycles. The lowest BCUT2D eigenvalue weighted by Crippen LogP contribution is -2.52. The molecule has 0 aliphatic carbocycles. The first-order valence-electron chi connectivity index (χ1n) is 8.41. The van der Waals surface area contributed by atoms with Crippen molar-refractivity contribution in [2.45, 2.75) is 19.6 Å². The fourth-order valence-electron chi connectivity index (χ4n) is 2.88. The minimum atomic E-state index is -0.454. The molecule has 1 amide bonds. The van der Waals surface area contributed by atoms with Gasteiger partial charge in [0.1, 0.15) is 5.75 Å². The van der Waals surface area contributed by atoms with Gasteiger partial charge in [-0.3, -0.25) is 9.69 Å². The first-order chi connectivity index (χ1) is 11.7. The predicted molar refractivity (Wildman–Crippen MR) is 91.8 cm³/mol. The summed E-state index contributed by atoms with van der Waals surface area (Å²) in [5, 5.41) is 0. The Bertz CT molecular complexity index is 622. The van der Waals surface area contributed by atoms with Crippen LogP contribution in [0.25, 0.3) is 0 Å². The van der Waals surface area contributed by atoms with Crippen LogP contribution in [0.3, 0.4) is 0 Å². The molecule has 6 heteroatoms. The number of hydrogen-bond donors (Lipinski definition) is 0. The van der Waals surface area contributed by atoms with E-state index >= 15 is 0 Å². The maximum absolute atomic E-state index is 12.5. The summed E-state index contributed by atoms with van der Waals surface area (Å²) in [7, 11) is 0. The Labute approximate surface area is 142 Å². The minimum Gasteiger partial charge on any atom is -0.481 e. The second-order valence-electron chi connectivity index (χ2n) is 6.04. The van der Waals surface area contributed by atoms with E-state index in [1.807, 2.05) is 54.7 Å². The molecule has 3 rings (SSSR count). The van der Waals surface area contributed by atoms with Gasteiger partial charge < -0.3 is 14.2 Å². The van der Waals surface area contributed by atoms with Crippen LogP contribution in [0.4, 0.5) is 0 Å². The Hall–Kier alpha value is -2.34. The number of rotatable bonds is 6. The first kappa shape index (κ1) is 16.5. The zero-order chi connectivity index (χ0) is 16.8. The molecule has 1 saturated heterocycles. The third kappa shape index (κ3) is 4.35. The van der Waals surface area contributed by atoms with Crippen molar-refractivity contribution in [2.75, 3.05) is 32.7 Å². The van der Waals surface area contributed by atoms with E-state index in [1.54, 1.807) is 6.20 Å². The summed E-state index contributed by atoms with van der Waals surface area (Å²) in [5.74, 6) is 0.797. The number of ether oxygens (including phenoxy) is 1.